The number of aromatic nitrogens is 1. The quantitative estimate of drug-likeness (QED) is 0.790. The molecule has 2 rings (SSSR count). The van der Waals surface area contributed by atoms with Gasteiger partial charge in [0.15, 0.2) is 5.78 Å². The predicted molar refractivity (Wildman–Crippen MR) is 82.4 cm³/mol. The van der Waals surface area contributed by atoms with E-state index in [4.69, 9.17) is 0 Å². The molecule has 0 N–H and O–H groups in total. The van der Waals surface area contributed by atoms with E-state index in [2.05, 4.69) is 11.1 Å². The zero-order valence-electron chi connectivity index (χ0n) is 12.2. The Kier molecular flexibility index (Phi) is 4.68. The molecule has 0 amide bonds. The number of rotatable bonds is 5. The molecule has 0 unspecified atom stereocenters. The summed E-state index contributed by atoms with van der Waals surface area (Å²) in [6, 6.07) is 13.2. The number of hydrogen-bond acceptors (Lipinski definition) is 4. The molecule has 0 saturated carbocycles. The van der Waals surface area contributed by atoms with Crippen molar-refractivity contribution >= 4 is 11.5 Å². The van der Waals surface area contributed by atoms with Crippen molar-refractivity contribution < 1.29 is 4.79 Å². The molecule has 0 aliphatic rings. The summed E-state index contributed by atoms with van der Waals surface area (Å²) in [5, 5.41) is 9.21. The van der Waals surface area contributed by atoms with E-state index in [1.807, 2.05) is 30.1 Å². The highest BCUT2D eigenvalue weighted by Crippen LogP contribution is 2.21. The maximum atomic E-state index is 11.5. The second kappa shape index (κ2) is 6.67. The average Bonchev–Trinajstić information content (AvgIpc) is 2.52. The van der Waals surface area contributed by atoms with Crippen LogP contribution in [0, 0.1) is 11.3 Å². The van der Waals surface area contributed by atoms with Crippen LogP contribution in [0.5, 0.6) is 0 Å². The van der Waals surface area contributed by atoms with E-state index in [0.29, 0.717) is 11.1 Å². The smallest absolute Gasteiger partial charge is 0.159 e. The lowest BCUT2D eigenvalue weighted by Gasteiger charge is -2.21. The molecule has 2 aromatic rings. The first-order valence-electron chi connectivity index (χ1n) is 6.78. The predicted octanol–water partition coefficient (Wildman–Crippen LogP) is 2.83. The first-order valence-corrected chi connectivity index (χ1v) is 6.78. The van der Waals surface area contributed by atoms with E-state index < -0.39 is 0 Å². The number of nitrogens with zero attached hydrogens (tertiary/aromatic N) is 3. The summed E-state index contributed by atoms with van der Waals surface area (Å²) in [5.41, 5.74) is 2.98. The van der Waals surface area contributed by atoms with E-state index >= 15 is 0 Å². The van der Waals surface area contributed by atoms with Crippen LogP contribution >= 0.6 is 0 Å². The largest absolute Gasteiger partial charge is 0.373 e. The van der Waals surface area contributed by atoms with Gasteiger partial charge in [0.05, 0.1) is 11.3 Å². The first kappa shape index (κ1) is 14.7. The van der Waals surface area contributed by atoms with Gasteiger partial charge in [-0.25, -0.2) is 0 Å². The van der Waals surface area contributed by atoms with Crippen LogP contribution in [0.3, 0.4) is 0 Å². The van der Waals surface area contributed by atoms with Crippen LogP contribution in [0.15, 0.2) is 42.6 Å². The molecular weight excluding hydrogens is 262 g/mol. The Morgan fingerprint density at radius 3 is 2.76 bits per heavy atom. The van der Waals surface area contributed by atoms with E-state index in [1.165, 1.54) is 6.92 Å². The minimum absolute atomic E-state index is 0.00105. The average molecular weight is 279 g/mol. The van der Waals surface area contributed by atoms with Crippen LogP contribution in [-0.4, -0.2) is 24.4 Å². The van der Waals surface area contributed by atoms with Crippen molar-refractivity contribution in [1.29, 1.82) is 5.26 Å². The molecule has 1 aromatic carbocycles. The summed E-state index contributed by atoms with van der Waals surface area (Å²) in [7, 11) is 1.92. The molecule has 0 radical (unpaired) electrons. The molecule has 106 valence electrons. The van der Waals surface area contributed by atoms with Gasteiger partial charge in [0.2, 0.25) is 0 Å². The van der Waals surface area contributed by atoms with Gasteiger partial charge in [0.1, 0.15) is 6.07 Å². The van der Waals surface area contributed by atoms with Gasteiger partial charge in [0, 0.05) is 37.5 Å². The van der Waals surface area contributed by atoms with E-state index in [1.54, 1.807) is 24.4 Å². The SMILES string of the molecule is CC(=O)c1ccc(C#N)c(N(C)CCc2ccccn2)c1. The highest BCUT2D eigenvalue weighted by atomic mass is 16.1. The van der Waals surface area contributed by atoms with Crippen molar-refractivity contribution in [2.45, 2.75) is 13.3 Å². The second-order valence-corrected chi connectivity index (χ2v) is 4.89. The standard InChI is InChI=1S/C17H17N3O/c1-13(21)14-6-7-15(12-18)17(11-14)20(2)10-8-16-5-3-4-9-19-16/h3-7,9,11H,8,10H2,1-2H3. The number of likely N-dealkylation sites (N-methyl/N-ethyl adjacent to an activating group) is 1. The van der Waals surface area contributed by atoms with Gasteiger partial charge < -0.3 is 4.90 Å². The molecule has 0 atom stereocenters. The van der Waals surface area contributed by atoms with Crippen LogP contribution in [-0.2, 0) is 6.42 Å². The Balaban J connectivity index is 2.18. The van der Waals surface area contributed by atoms with Crippen LogP contribution in [0.4, 0.5) is 5.69 Å². The summed E-state index contributed by atoms with van der Waals surface area (Å²) >= 11 is 0. The maximum Gasteiger partial charge on any atom is 0.159 e. The minimum Gasteiger partial charge on any atom is -0.373 e. The number of hydrogen-bond donors (Lipinski definition) is 0. The maximum absolute atomic E-state index is 11.5. The number of carbonyl (C=O) groups is 1. The zero-order chi connectivity index (χ0) is 15.2. The Bertz CT molecular complexity index is 674. The lowest BCUT2D eigenvalue weighted by molar-refractivity contribution is 0.101. The van der Waals surface area contributed by atoms with Crippen molar-refractivity contribution in [3.8, 4) is 6.07 Å². The van der Waals surface area contributed by atoms with Crippen molar-refractivity contribution in [2.24, 2.45) is 0 Å². The van der Waals surface area contributed by atoms with Gasteiger partial charge in [-0.05, 0) is 37.3 Å². The van der Waals surface area contributed by atoms with Gasteiger partial charge in [-0.1, -0.05) is 6.07 Å². The molecule has 1 aromatic heterocycles. The summed E-state index contributed by atoms with van der Waals surface area (Å²) in [6.45, 7) is 2.26. The van der Waals surface area contributed by atoms with Gasteiger partial charge >= 0.3 is 0 Å². The van der Waals surface area contributed by atoms with Crippen LogP contribution < -0.4 is 4.90 Å². The first-order chi connectivity index (χ1) is 10.1. The molecule has 0 bridgehead atoms. The third-order valence-corrected chi connectivity index (χ3v) is 3.37. The van der Waals surface area contributed by atoms with Crippen LogP contribution in [0.1, 0.15) is 28.5 Å². The number of benzene rings is 1. The molecule has 0 saturated heterocycles. The number of anilines is 1. The Morgan fingerprint density at radius 1 is 1.33 bits per heavy atom. The molecule has 1 heterocycles. The molecule has 21 heavy (non-hydrogen) atoms. The van der Waals surface area contributed by atoms with E-state index in [0.717, 1.165) is 24.3 Å². The van der Waals surface area contributed by atoms with Crippen molar-refractivity contribution in [2.75, 3.05) is 18.5 Å². The van der Waals surface area contributed by atoms with Crippen molar-refractivity contribution in [3.05, 3.63) is 59.4 Å². The molecule has 4 nitrogen and oxygen atoms in total. The lowest BCUT2D eigenvalue weighted by Crippen LogP contribution is -2.22. The fourth-order valence-corrected chi connectivity index (χ4v) is 2.11. The van der Waals surface area contributed by atoms with E-state index in [-0.39, 0.29) is 5.78 Å². The molecule has 0 aliphatic heterocycles. The Hall–Kier alpha value is -2.67. The molecular formula is C17H17N3O. The van der Waals surface area contributed by atoms with Gasteiger partial charge in [-0.2, -0.15) is 5.26 Å². The third-order valence-electron chi connectivity index (χ3n) is 3.37. The van der Waals surface area contributed by atoms with Crippen LogP contribution in [0.25, 0.3) is 0 Å². The van der Waals surface area contributed by atoms with Crippen molar-refractivity contribution in [1.82, 2.24) is 4.98 Å². The third kappa shape index (κ3) is 3.67. The lowest BCUT2D eigenvalue weighted by atomic mass is 10.1. The number of pyridine rings is 1. The van der Waals surface area contributed by atoms with Crippen LogP contribution in [0.2, 0.25) is 0 Å². The monoisotopic (exact) mass is 279 g/mol. The summed E-state index contributed by atoms with van der Waals surface area (Å²) in [6.07, 6.45) is 2.55. The summed E-state index contributed by atoms with van der Waals surface area (Å²) < 4.78 is 0. The van der Waals surface area contributed by atoms with Gasteiger partial charge in [0.25, 0.3) is 0 Å². The van der Waals surface area contributed by atoms with Gasteiger partial charge in [-0.3, -0.25) is 9.78 Å². The Labute approximate surface area is 124 Å². The Morgan fingerprint density at radius 2 is 2.14 bits per heavy atom. The second-order valence-electron chi connectivity index (χ2n) is 4.89. The van der Waals surface area contributed by atoms with E-state index in [9.17, 15) is 10.1 Å². The fourth-order valence-electron chi connectivity index (χ4n) is 2.11. The zero-order valence-corrected chi connectivity index (χ0v) is 12.2. The van der Waals surface area contributed by atoms with Gasteiger partial charge in [-0.15, -0.1) is 0 Å². The number of carbonyl (C=O) groups excluding carboxylic acids is 1. The molecule has 0 fully saturated rings. The highest BCUT2D eigenvalue weighted by Gasteiger charge is 2.10. The summed E-state index contributed by atoms with van der Waals surface area (Å²) in [4.78, 5) is 17.8. The number of nitriles is 1. The molecule has 4 heteroatoms. The fraction of sp³-hybridized carbons (Fsp3) is 0.235. The molecule has 0 spiro atoms. The highest BCUT2D eigenvalue weighted by molar-refractivity contribution is 5.95. The summed E-state index contributed by atoms with van der Waals surface area (Å²) in [5.74, 6) is -0.00105. The molecule has 0 aliphatic carbocycles. The normalized spacial score (nSPS) is 9.95. The van der Waals surface area contributed by atoms with Crippen molar-refractivity contribution in [3.63, 3.8) is 0 Å². The number of ketones is 1. The number of Topliss-reactive ketones (excluding diaryl/α,β-unsaturated/α-hetero) is 1. The minimum atomic E-state index is -0.00105. The topological polar surface area (TPSA) is 57.0 Å².